The minimum Gasteiger partial charge on any atom is -0.497 e. The zero-order chi connectivity index (χ0) is 27.0. The molecule has 0 fully saturated rings. The van der Waals surface area contributed by atoms with Crippen molar-refractivity contribution < 1.29 is 42.1 Å². The van der Waals surface area contributed by atoms with E-state index in [9.17, 15) is 18.0 Å². The first-order valence-electron chi connectivity index (χ1n) is 11.2. The van der Waals surface area contributed by atoms with E-state index in [-0.39, 0.29) is 12.5 Å². The van der Waals surface area contributed by atoms with Gasteiger partial charge in [-0.2, -0.15) is 18.3 Å². The SMILES string of the molecule is COc1ccc(OCC(=O)N2CCc3[nH]nc(-c4ccc(OC)cc4)c3CC2)cc1.O=C(O)C(F)(F)F. The summed E-state index contributed by atoms with van der Waals surface area (Å²) in [5, 5.41) is 14.8. The maximum Gasteiger partial charge on any atom is 0.490 e. The number of benzene rings is 2. The Labute approximate surface area is 210 Å². The number of carbonyl (C=O) groups excluding carboxylic acids is 1. The number of carboxylic acids is 1. The molecule has 0 bridgehead atoms. The van der Waals surface area contributed by atoms with Crippen LogP contribution in [0.4, 0.5) is 13.2 Å². The average Bonchev–Trinajstić information content (AvgIpc) is 3.18. The van der Waals surface area contributed by atoms with E-state index in [1.54, 1.807) is 26.4 Å². The van der Waals surface area contributed by atoms with Crippen molar-refractivity contribution in [3.8, 4) is 28.5 Å². The number of carboxylic acid groups (broad SMARTS) is 1. The molecule has 198 valence electrons. The van der Waals surface area contributed by atoms with E-state index in [2.05, 4.69) is 10.2 Å². The van der Waals surface area contributed by atoms with Crippen molar-refractivity contribution in [3.63, 3.8) is 0 Å². The van der Waals surface area contributed by atoms with Crippen molar-refractivity contribution in [1.82, 2.24) is 15.1 Å². The number of aromatic nitrogens is 2. The van der Waals surface area contributed by atoms with Crippen molar-refractivity contribution in [2.45, 2.75) is 19.0 Å². The molecule has 3 aromatic rings. The van der Waals surface area contributed by atoms with Crippen LogP contribution in [0.2, 0.25) is 0 Å². The second-order valence-corrected chi connectivity index (χ2v) is 7.91. The van der Waals surface area contributed by atoms with Gasteiger partial charge in [0.1, 0.15) is 17.2 Å². The van der Waals surface area contributed by atoms with Crippen LogP contribution in [0.3, 0.4) is 0 Å². The fraction of sp³-hybridized carbons (Fsp3) is 0.320. The number of aliphatic carboxylic acids is 1. The number of rotatable bonds is 6. The molecule has 9 nitrogen and oxygen atoms in total. The van der Waals surface area contributed by atoms with Gasteiger partial charge < -0.3 is 24.2 Å². The van der Waals surface area contributed by atoms with Crippen molar-refractivity contribution in [1.29, 1.82) is 0 Å². The topological polar surface area (TPSA) is 114 Å². The van der Waals surface area contributed by atoms with Crippen LogP contribution in [0.5, 0.6) is 17.2 Å². The number of nitrogens with zero attached hydrogens (tertiary/aromatic N) is 2. The summed E-state index contributed by atoms with van der Waals surface area (Å²) in [5.74, 6) is -0.560. The van der Waals surface area contributed by atoms with Crippen molar-refractivity contribution in [3.05, 3.63) is 59.8 Å². The molecule has 4 rings (SSSR count). The van der Waals surface area contributed by atoms with Crippen LogP contribution in [0.25, 0.3) is 11.3 Å². The lowest BCUT2D eigenvalue weighted by Crippen LogP contribution is -2.36. The first-order valence-corrected chi connectivity index (χ1v) is 11.2. The molecule has 0 aliphatic carbocycles. The summed E-state index contributed by atoms with van der Waals surface area (Å²) in [4.78, 5) is 23.4. The van der Waals surface area contributed by atoms with Crippen LogP contribution < -0.4 is 14.2 Å². The molecule has 0 unspecified atom stereocenters. The van der Waals surface area contributed by atoms with E-state index in [0.717, 1.165) is 41.3 Å². The zero-order valence-corrected chi connectivity index (χ0v) is 20.2. The number of fused-ring (bicyclic) bond motifs is 1. The molecule has 1 amide bonds. The number of amides is 1. The third-order valence-corrected chi connectivity index (χ3v) is 5.60. The number of carbonyl (C=O) groups is 2. The van der Waals surface area contributed by atoms with E-state index in [1.165, 1.54) is 5.56 Å². The van der Waals surface area contributed by atoms with Crippen molar-refractivity contribution in [2.75, 3.05) is 33.9 Å². The Morgan fingerprint density at radius 3 is 2.00 bits per heavy atom. The van der Waals surface area contributed by atoms with E-state index >= 15 is 0 Å². The smallest absolute Gasteiger partial charge is 0.490 e. The fourth-order valence-electron chi connectivity index (χ4n) is 3.63. The molecule has 37 heavy (non-hydrogen) atoms. The summed E-state index contributed by atoms with van der Waals surface area (Å²) in [6, 6.07) is 15.1. The maximum atomic E-state index is 12.7. The summed E-state index contributed by atoms with van der Waals surface area (Å²) >= 11 is 0. The van der Waals surface area contributed by atoms with Gasteiger partial charge in [0.2, 0.25) is 0 Å². The third-order valence-electron chi connectivity index (χ3n) is 5.60. The second kappa shape index (κ2) is 12.2. The summed E-state index contributed by atoms with van der Waals surface area (Å²) in [7, 11) is 3.27. The summed E-state index contributed by atoms with van der Waals surface area (Å²) in [5.41, 5.74) is 4.24. The molecule has 1 aliphatic heterocycles. The molecule has 1 aromatic heterocycles. The monoisotopic (exact) mass is 521 g/mol. The van der Waals surface area contributed by atoms with Crippen molar-refractivity contribution in [2.24, 2.45) is 0 Å². The largest absolute Gasteiger partial charge is 0.497 e. The van der Waals surface area contributed by atoms with E-state index < -0.39 is 12.1 Å². The second-order valence-electron chi connectivity index (χ2n) is 7.91. The molecule has 0 spiro atoms. The molecule has 0 atom stereocenters. The molecule has 2 N–H and O–H groups in total. The number of nitrogens with one attached hydrogen (secondary N) is 1. The predicted octanol–water partition coefficient (Wildman–Crippen LogP) is 3.73. The number of H-pyrrole nitrogens is 1. The Morgan fingerprint density at radius 2 is 1.46 bits per heavy atom. The normalized spacial score (nSPS) is 12.9. The highest BCUT2D eigenvalue weighted by Crippen LogP contribution is 2.28. The fourth-order valence-corrected chi connectivity index (χ4v) is 3.63. The zero-order valence-electron chi connectivity index (χ0n) is 20.2. The quantitative estimate of drug-likeness (QED) is 0.508. The summed E-state index contributed by atoms with van der Waals surface area (Å²) in [6.45, 7) is 1.30. The number of aromatic amines is 1. The highest BCUT2D eigenvalue weighted by Gasteiger charge is 2.38. The Balaban J connectivity index is 0.000000479. The highest BCUT2D eigenvalue weighted by atomic mass is 19.4. The van der Waals surface area contributed by atoms with Gasteiger partial charge in [-0.1, -0.05) is 0 Å². The molecular weight excluding hydrogens is 495 g/mol. The molecule has 0 saturated carbocycles. The lowest BCUT2D eigenvalue weighted by atomic mass is 10.0. The van der Waals surface area contributed by atoms with Gasteiger partial charge in [0.05, 0.1) is 19.9 Å². The average molecular weight is 521 g/mol. The molecule has 2 heterocycles. The Bertz CT molecular complexity index is 1190. The highest BCUT2D eigenvalue weighted by molar-refractivity contribution is 5.78. The summed E-state index contributed by atoms with van der Waals surface area (Å²) < 4.78 is 47.8. The number of hydrogen-bond donors (Lipinski definition) is 2. The molecule has 0 radical (unpaired) electrons. The Morgan fingerprint density at radius 1 is 0.946 bits per heavy atom. The van der Waals surface area contributed by atoms with E-state index in [1.807, 2.05) is 41.3 Å². The lowest BCUT2D eigenvalue weighted by Gasteiger charge is -2.20. The van der Waals surface area contributed by atoms with Crippen LogP contribution in [-0.2, 0) is 22.4 Å². The molecule has 1 aliphatic rings. The van der Waals surface area contributed by atoms with E-state index in [4.69, 9.17) is 24.1 Å². The van der Waals surface area contributed by atoms with E-state index in [0.29, 0.717) is 18.8 Å². The van der Waals surface area contributed by atoms with Gasteiger partial charge >= 0.3 is 12.1 Å². The summed E-state index contributed by atoms with van der Waals surface area (Å²) in [6.07, 6.45) is -3.59. The lowest BCUT2D eigenvalue weighted by molar-refractivity contribution is -0.192. The van der Waals surface area contributed by atoms with Gasteiger partial charge in [-0.25, -0.2) is 4.79 Å². The van der Waals surface area contributed by atoms with Crippen LogP contribution in [-0.4, -0.2) is 72.2 Å². The Kier molecular flexibility index (Phi) is 8.99. The van der Waals surface area contributed by atoms with Crippen LogP contribution >= 0.6 is 0 Å². The molecule has 2 aromatic carbocycles. The number of halogens is 3. The van der Waals surface area contributed by atoms with Gasteiger partial charge in [0.25, 0.3) is 5.91 Å². The van der Waals surface area contributed by atoms with Crippen LogP contribution in [0.1, 0.15) is 11.3 Å². The van der Waals surface area contributed by atoms with Crippen LogP contribution in [0.15, 0.2) is 48.5 Å². The van der Waals surface area contributed by atoms with Gasteiger partial charge in [-0.05, 0) is 55.0 Å². The first-order chi connectivity index (χ1) is 17.6. The molecule has 12 heteroatoms. The van der Waals surface area contributed by atoms with Gasteiger partial charge in [-0.15, -0.1) is 0 Å². The minimum absolute atomic E-state index is 0.0177. The maximum absolute atomic E-state index is 12.7. The number of methoxy groups -OCH3 is 2. The van der Waals surface area contributed by atoms with Gasteiger partial charge in [0.15, 0.2) is 6.61 Å². The predicted molar refractivity (Wildman–Crippen MR) is 127 cm³/mol. The molecular formula is C25H26F3N3O6. The number of alkyl halides is 3. The number of hydrogen-bond acceptors (Lipinski definition) is 6. The van der Waals surface area contributed by atoms with Crippen LogP contribution in [0, 0.1) is 0 Å². The Hall–Kier alpha value is -4.22. The minimum atomic E-state index is -5.08. The van der Waals surface area contributed by atoms with Gasteiger partial charge in [0, 0.05) is 36.3 Å². The first kappa shape index (κ1) is 27.4. The van der Waals surface area contributed by atoms with Crippen molar-refractivity contribution >= 4 is 11.9 Å². The molecule has 0 saturated heterocycles. The number of ether oxygens (including phenoxy) is 3. The third kappa shape index (κ3) is 7.38. The standard InChI is InChI=1S/C23H25N3O4.C2HF3O2/c1-28-17-5-3-16(4-6-17)23-20-11-13-26(14-12-21(20)24-25-23)22(27)15-30-19-9-7-18(29-2)8-10-19;3-2(4,5)1(6)7/h3-10H,11-15H2,1-2H3,(H,24,25);(H,6,7). The van der Waals surface area contributed by atoms with Gasteiger partial charge in [-0.3, -0.25) is 9.89 Å².